The van der Waals surface area contributed by atoms with Crippen molar-refractivity contribution in [1.29, 1.82) is 0 Å². The molecule has 1 fully saturated rings. The summed E-state index contributed by atoms with van der Waals surface area (Å²) in [4.78, 5) is 16.3. The lowest BCUT2D eigenvalue weighted by atomic mass is 10.1. The Balaban J connectivity index is 1.89. The fourth-order valence-corrected chi connectivity index (χ4v) is 2.62. The van der Waals surface area contributed by atoms with E-state index in [2.05, 4.69) is 20.6 Å². The molecular weight excluding hydrogens is 334 g/mol. The Morgan fingerprint density at radius 1 is 1.38 bits per heavy atom. The van der Waals surface area contributed by atoms with Crippen LogP contribution in [0.2, 0.25) is 0 Å². The molecule has 8 heteroatoms. The van der Waals surface area contributed by atoms with Crippen molar-refractivity contribution in [3.8, 4) is 5.69 Å². The number of nitrogens with one attached hydrogen (secondary N) is 1. The minimum Gasteiger partial charge on any atom is -0.858 e. The largest absolute Gasteiger partial charge is 0.858 e. The SMILES string of the molecule is CCN=C([O-])c1ccc(-n2nnc(C(=O)NC3CC3)c2CCCO)cc1. The van der Waals surface area contributed by atoms with Crippen molar-refractivity contribution in [3.05, 3.63) is 41.2 Å². The van der Waals surface area contributed by atoms with Crippen LogP contribution in [0.4, 0.5) is 0 Å². The van der Waals surface area contributed by atoms with Crippen LogP contribution < -0.4 is 10.4 Å². The van der Waals surface area contributed by atoms with Crippen LogP contribution in [0.3, 0.4) is 0 Å². The van der Waals surface area contributed by atoms with Gasteiger partial charge in [0.25, 0.3) is 5.91 Å². The minimum absolute atomic E-state index is 0.0147. The van der Waals surface area contributed by atoms with Gasteiger partial charge in [-0.05, 0) is 56.2 Å². The highest BCUT2D eigenvalue weighted by Gasteiger charge is 2.27. The van der Waals surface area contributed by atoms with Crippen molar-refractivity contribution in [2.24, 2.45) is 4.99 Å². The van der Waals surface area contributed by atoms with Crippen LogP contribution in [0.25, 0.3) is 5.69 Å². The van der Waals surface area contributed by atoms with E-state index in [1.54, 1.807) is 28.9 Å². The second-order valence-corrected chi connectivity index (χ2v) is 6.20. The molecule has 0 saturated heterocycles. The number of aliphatic hydroxyl groups excluding tert-OH is 1. The topological polar surface area (TPSA) is 115 Å². The highest BCUT2D eigenvalue weighted by Crippen LogP contribution is 2.21. The van der Waals surface area contributed by atoms with E-state index in [0.717, 1.165) is 12.8 Å². The van der Waals surface area contributed by atoms with Crippen molar-refractivity contribution in [2.75, 3.05) is 13.2 Å². The highest BCUT2D eigenvalue weighted by molar-refractivity contribution is 5.94. The van der Waals surface area contributed by atoms with Crippen LogP contribution in [0.5, 0.6) is 0 Å². The summed E-state index contributed by atoms with van der Waals surface area (Å²) in [5.74, 6) is -0.497. The number of amides is 1. The predicted octanol–water partition coefficient (Wildman–Crippen LogP) is 0.211. The van der Waals surface area contributed by atoms with Crippen LogP contribution >= 0.6 is 0 Å². The molecule has 2 aromatic rings. The maximum atomic E-state index is 12.4. The first kappa shape index (κ1) is 18.1. The lowest BCUT2D eigenvalue weighted by Crippen LogP contribution is -2.27. The van der Waals surface area contributed by atoms with Crippen molar-refractivity contribution in [3.63, 3.8) is 0 Å². The summed E-state index contributed by atoms with van der Waals surface area (Å²) in [6.07, 6.45) is 2.96. The van der Waals surface area contributed by atoms with Gasteiger partial charge in [-0.15, -0.1) is 5.10 Å². The number of hydrogen-bond donors (Lipinski definition) is 2. The van der Waals surface area contributed by atoms with Gasteiger partial charge in [0.05, 0.1) is 11.4 Å². The molecule has 0 bridgehead atoms. The molecule has 1 aliphatic carbocycles. The molecule has 1 aliphatic rings. The Bertz CT molecular complexity index is 794. The van der Waals surface area contributed by atoms with Gasteiger partial charge < -0.3 is 20.5 Å². The molecule has 0 radical (unpaired) electrons. The molecule has 3 rings (SSSR count). The lowest BCUT2D eigenvalue weighted by molar-refractivity contribution is -0.213. The van der Waals surface area contributed by atoms with Crippen molar-refractivity contribution in [1.82, 2.24) is 20.3 Å². The molecule has 0 unspecified atom stereocenters. The molecule has 138 valence electrons. The normalized spacial score (nSPS) is 14.5. The van der Waals surface area contributed by atoms with Gasteiger partial charge in [-0.25, -0.2) is 4.68 Å². The fourth-order valence-electron chi connectivity index (χ4n) is 2.62. The molecular formula is C18H22N5O3-. The first-order valence-corrected chi connectivity index (χ1v) is 8.82. The number of carbonyl (C=O) groups is 1. The molecule has 1 amide bonds. The molecule has 26 heavy (non-hydrogen) atoms. The van der Waals surface area contributed by atoms with E-state index in [9.17, 15) is 9.90 Å². The number of nitrogens with zero attached hydrogens (tertiary/aromatic N) is 4. The van der Waals surface area contributed by atoms with Crippen LogP contribution in [0.15, 0.2) is 29.3 Å². The Labute approximate surface area is 151 Å². The third-order valence-electron chi connectivity index (χ3n) is 4.12. The molecule has 1 aromatic heterocycles. The number of aromatic nitrogens is 3. The van der Waals surface area contributed by atoms with Gasteiger partial charge >= 0.3 is 0 Å². The summed E-state index contributed by atoms with van der Waals surface area (Å²) in [5.41, 5.74) is 2.13. The van der Waals surface area contributed by atoms with E-state index in [1.165, 1.54) is 0 Å². The monoisotopic (exact) mass is 356 g/mol. The summed E-state index contributed by atoms with van der Waals surface area (Å²) >= 11 is 0. The highest BCUT2D eigenvalue weighted by atomic mass is 16.3. The smallest absolute Gasteiger partial charge is 0.273 e. The first-order chi connectivity index (χ1) is 12.6. The second-order valence-electron chi connectivity index (χ2n) is 6.20. The fraction of sp³-hybridized carbons (Fsp3) is 0.444. The summed E-state index contributed by atoms with van der Waals surface area (Å²) in [5, 5.41) is 32.1. The minimum atomic E-state index is -0.261. The van der Waals surface area contributed by atoms with E-state index < -0.39 is 0 Å². The molecule has 8 nitrogen and oxygen atoms in total. The number of rotatable bonds is 8. The third kappa shape index (κ3) is 4.08. The Hall–Kier alpha value is -2.74. The van der Waals surface area contributed by atoms with Crippen molar-refractivity contribution in [2.45, 2.75) is 38.6 Å². The van der Waals surface area contributed by atoms with Gasteiger partial charge in [-0.1, -0.05) is 17.3 Å². The molecule has 0 aliphatic heterocycles. The summed E-state index contributed by atoms with van der Waals surface area (Å²) in [6, 6.07) is 7.08. The summed E-state index contributed by atoms with van der Waals surface area (Å²) < 4.78 is 1.59. The predicted molar refractivity (Wildman–Crippen MR) is 94.3 cm³/mol. The molecule has 1 saturated carbocycles. The first-order valence-electron chi connectivity index (χ1n) is 8.82. The van der Waals surface area contributed by atoms with Gasteiger partial charge in [0.15, 0.2) is 5.69 Å². The maximum Gasteiger partial charge on any atom is 0.273 e. The third-order valence-corrected chi connectivity index (χ3v) is 4.12. The van der Waals surface area contributed by atoms with E-state index in [0.29, 0.717) is 36.3 Å². The van der Waals surface area contributed by atoms with Crippen LogP contribution in [-0.4, -0.2) is 51.1 Å². The van der Waals surface area contributed by atoms with Crippen LogP contribution in [0, 0.1) is 0 Å². The lowest BCUT2D eigenvalue weighted by Gasteiger charge is -2.12. The Morgan fingerprint density at radius 2 is 2.12 bits per heavy atom. The molecule has 0 spiro atoms. The number of aliphatic hydroxyl groups is 1. The number of carbonyl (C=O) groups excluding carboxylic acids is 1. The molecule has 1 aromatic carbocycles. The van der Waals surface area contributed by atoms with Crippen LogP contribution in [-0.2, 0) is 6.42 Å². The molecule has 0 atom stereocenters. The molecule has 1 heterocycles. The Kier molecular flexibility index (Phi) is 5.62. The van der Waals surface area contributed by atoms with Gasteiger partial charge in [0.1, 0.15) is 0 Å². The number of benzene rings is 1. The van der Waals surface area contributed by atoms with Gasteiger partial charge in [-0.2, -0.15) is 0 Å². The van der Waals surface area contributed by atoms with Gasteiger partial charge in [0, 0.05) is 19.2 Å². The quantitative estimate of drug-likeness (QED) is 0.518. The zero-order chi connectivity index (χ0) is 18.5. The van der Waals surface area contributed by atoms with Crippen molar-refractivity contribution < 1.29 is 15.0 Å². The van der Waals surface area contributed by atoms with E-state index in [-0.39, 0.29) is 30.1 Å². The van der Waals surface area contributed by atoms with E-state index >= 15 is 0 Å². The average Bonchev–Trinajstić information content (AvgIpc) is 3.36. The van der Waals surface area contributed by atoms with Gasteiger partial charge in [-0.3, -0.25) is 4.79 Å². The average molecular weight is 356 g/mol. The van der Waals surface area contributed by atoms with E-state index in [1.807, 2.05) is 6.92 Å². The zero-order valence-electron chi connectivity index (χ0n) is 14.7. The van der Waals surface area contributed by atoms with Crippen molar-refractivity contribution >= 4 is 11.8 Å². The summed E-state index contributed by atoms with van der Waals surface area (Å²) in [7, 11) is 0. The van der Waals surface area contributed by atoms with Gasteiger partial charge in [0.2, 0.25) is 0 Å². The zero-order valence-corrected chi connectivity index (χ0v) is 14.7. The van der Waals surface area contributed by atoms with E-state index in [4.69, 9.17) is 5.11 Å². The Morgan fingerprint density at radius 3 is 2.73 bits per heavy atom. The maximum absolute atomic E-state index is 12.4. The number of hydrogen-bond acceptors (Lipinski definition) is 6. The second kappa shape index (κ2) is 8.09. The standard InChI is InChI=1S/C18H23N5O3/c1-2-19-17(25)12-5-9-14(10-6-12)23-15(4-3-11-24)16(21-22-23)18(26)20-13-7-8-13/h5-6,9-10,13,24H,2-4,7-8,11H2,1H3,(H,19,25)(H,20,26)/p-1. The van der Waals surface area contributed by atoms with Crippen LogP contribution in [0.1, 0.15) is 47.9 Å². The summed E-state index contributed by atoms with van der Waals surface area (Å²) in [6.45, 7) is 2.26. The molecule has 2 N–H and O–H groups in total. The number of aliphatic imine (C=N–C) groups is 1.